The van der Waals surface area contributed by atoms with Crippen LogP contribution in [0.2, 0.25) is 0 Å². The van der Waals surface area contributed by atoms with Crippen LogP contribution in [0.25, 0.3) is 5.65 Å². The fourth-order valence-electron chi connectivity index (χ4n) is 3.53. The van der Waals surface area contributed by atoms with E-state index in [1.807, 2.05) is 6.92 Å². The summed E-state index contributed by atoms with van der Waals surface area (Å²) >= 11 is 0. The Morgan fingerprint density at radius 1 is 1.12 bits per heavy atom. The lowest BCUT2D eigenvalue weighted by atomic mass is 10.3. The minimum absolute atomic E-state index is 0.0301. The highest BCUT2D eigenvalue weighted by atomic mass is 16.5. The lowest BCUT2D eigenvalue weighted by Gasteiger charge is -2.08. The van der Waals surface area contributed by atoms with Gasteiger partial charge in [0, 0.05) is 31.3 Å². The number of nitrogens with one attached hydrogen (secondary N) is 2. The van der Waals surface area contributed by atoms with Crippen molar-refractivity contribution >= 4 is 29.0 Å². The van der Waals surface area contributed by atoms with E-state index in [-0.39, 0.29) is 11.8 Å². The zero-order chi connectivity index (χ0) is 22.9. The van der Waals surface area contributed by atoms with Gasteiger partial charge in [-0.1, -0.05) is 6.07 Å². The molecule has 0 saturated heterocycles. The highest BCUT2D eigenvalue weighted by Crippen LogP contribution is 2.32. The molecule has 5 rings (SSSR count). The van der Waals surface area contributed by atoms with Gasteiger partial charge in [0.05, 0.1) is 11.9 Å². The van der Waals surface area contributed by atoms with E-state index in [9.17, 15) is 9.59 Å². The van der Waals surface area contributed by atoms with E-state index in [1.165, 1.54) is 4.68 Å². The minimum Gasteiger partial charge on any atom is -0.438 e. The van der Waals surface area contributed by atoms with Gasteiger partial charge in [0.15, 0.2) is 11.5 Å². The van der Waals surface area contributed by atoms with E-state index in [4.69, 9.17) is 4.74 Å². The van der Waals surface area contributed by atoms with E-state index in [2.05, 4.69) is 25.8 Å². The number of amides is 2. The Hall–Kier alpha value is -4.21. The number of ether oxygens (including phenoxy) is 1. The fraction of sp³-hybridized carbons (Fsp3) is 0.261. The van der Waals surface area contributed by atoms with Crippen LogP contribution in [-0.2, 0) is 11.8 Å². The molecule has 10 heteroatoms. The van der Waals surface area contributed by atoms with Crippen LogP contribution in [-0.4, -0.2) is 36.2 Å². The number of nitrogens with zero attached hydrogens (tertiary/aromatic N) is 5. The van der Waals surface area contributed by atoms with Crippen molar-refractivity contribution in [3.05, 3.63) is 60.0 Å². The topological polar surface area (TPSA) is 115 Å². The zero-order valence-electron chi connectivity index (χ0n) is 18.3. The molecule has 0 radical (unpaired) electrons. The Morgan fingerprint density at radius 2 is 1.97 bits per heavy atom. The summed E-state index contributed by atoms with van der Waals surface area (Å²) in [5.74, 6) is 1.54. The molecule has 10 nitrogen and oxygen atoms in total. The van der Waals surface area contributed by atoms with E-state index >= 15 is 0 Å². The number of imidazole rings is 1. The van der Waals surface area contributed by atoms with E-state index in [0.717, 1.165) is 18.5 Å². The maximum atomic E-state index is 12.5. The average Bonchev–Trinajstić information content (AvgIpc) is 3.37. The molecule has 1 aliphatic carbocycles. The predicted molar refractivity (Wildman–Crippen MR) is 121 cm³/mol. The van der Waals surface area contributed by atoms with Crippen LogP contribution >= 0.6 is 0 Å². The third kappa shape index (κ3) is 4.84. The zero-order valence-corrected chi connectivity index (χ0v) is 18.3. The summed E-state index contributed by atoms with van der Waals surface area (Å²) in [7, 11) is 1.73. The first-order chi connectivity index (χ1) is 15.9. The second kappa shape index (κ2) is 8.38. The number of carbonyl (C=O) groups is 2. The maximum absolute atomic E-state index is 12.5. The van der Waals surface area contributed by atoms with Gasteiger partial charge in [-0.05, 0) is 49.9 Å². The number of aromatic nitrogens is 5. The number of anilines is 2. The second-order valence-electron chi connectivity index (χ2n) is 8.17. The molecule has 2 N–H and O–H groups in total. The molecule has 1 saturated carbocycles. The lowest BCUT2D eigenvalue weighted by Crippen LogP contribution is -2.16. The van der Waals surface area contributed by atoms with Crippen LogP contribution in [0, 0.1) is 12.8 Å². The number of benzene rings is 1. The van der Waals surface area contributed by atoms with Crippen LogP contribution in [0.1, 0.15) is 35.4 Å². The highest BCUT2D eigenvalue weighted by molar-refractivity contribution is 6.03. The third-order valence-electron chi connectivity index (χ3n) is 5.28. The van der Waals surface area contributed by atoms with Gasteiger partial charge in [0.1, 0.15) is 11.4 Å². The van der Waals surface area contributed by atoms with Crippen molar-refractivity contribution in [1.82, 2.24) is 24.4 Å². The molecule has 168 valence electrons. The summed E-state index contributed by atoms with van der Waals surface area (Å²) in [6, 6.07) is 12.2. The van der Waals surface area contributed by atoms with E-state index in [0.29, 0.717) is 46.8 Å². The van der Waals surface area contributed by atoms with Gasteiger partial charge in [-0.15, -0.1) is 5.10 Å². The Kier molecular flexibility index (Phi) is 5.25. The van der Waals surface area contributed by atoms with Crippen LogP contribution < -0.4 is 15.4 Å². The van der Waals surface area contributed by atoms with Crippen molar-refractivity contribution in [3.63, 3.8) is 0 Å². The van der Waals surface area contributed by atoms with Gasteiger partial charge < -0.3 is 15.4 Å². The van der Waals surface area contributed by atoms with Crippen LogP contribution in [0.4, 0.5) is 11.5 Å². The molecular weight excluding hydrogens is 422 g/mol. The quantitative estimate of drug-likeness (QED) is 0.449. The van der Waals surface area contributed by atoms with Crippen molar-refractivity contribution in [3.8, 4) is 11.6 Å². The molecule has 2 amide bonds. The minimum atomic E-state index is -0.260. The summed E-state index contributed by atoms with van der Waals surface area (Å²) < 4.78 is 8.97. The molecule has 33 heavy (non-hydrogen) atoms. The molecule has 0 spiro atoms. The second-order valence-corrected chi connectivity index (χ2v) is 8.17. The van der Waals surface area contributed by atoms with E-state index < -0.39 is 0 Å². The number of carbonyl (C=O) groups excluding carboxylic acids is 2. The first-order valence-electron chi connectivity index (χ1n) is 10.7. The molecule has 0 aliphatic heterocycles. The summed E-state index contributed by atoms with van der Waals surface area (Å²) in [5, 5.41) is 14.3. The van der Waals surface area contributed by atoms with Crippen LogP contribution in [0.15, 0.2) is 48.7 Å². The molecule has 1 aliphatic rings. The smallest absolute Gasteiger partial charge is 0.273 e. The van der Waals surface area contributed by atoms with Gasteiger partial charge in [0.2, 0.25) is 11.8 Å². The van der Waals surface area contributed by atoms with Crippen molar-refractivity contribution in [1.29, 1.82) is 0 Å². The van der Waals surface area contributed by atoms with E-state index in [1.54, 1.807) is 60.2 Å². The maximum Gasteiger partial charge on any atom is 0.273 e. The van der Waals surface area contributed by atoms with Crippen molar-refractivity contribution in [2.24, 2.45) is 13.0 Å². The Balaban J connectivity index is 1.27. The van der Waals surface area contributed by atoms with Crippen molar-refractivity contribution in [2.75, 3.05) is 10.6 Å². The molecule has 1 fully saturated rings. The summed E-state index contributed by atoms with van der Waals surface area (Å²) in [6.45, 7) is 1.83. The first-order valence-corrected chi connectivity index (χ1v) is 10.7. The molecular formula is C23H23N7O3. The molecule has 0 unspecified atom stereocenters. The fourth-order valence-corrected chi connectivity index (χ4v) is 3.53. The highest BCUT2D eigenvalue weighted by Gasteiger charge is 2.24. The standard InChI is InChI=1S/C23H23N7O3/c1-14-10-18(29(2)27-14)23(32)24-16-4-3-5-17(12-16)33-22-9-8-20-25-19(13-30(20)28-22)26-21(31)11-15-6-7-15/h3-5,8-10,12-13,15H,6-7,11H2,1-2H3,(H,24,32)(H,26,31). The van der Waals surface area contributed by atoms with Gasteiger partial charge in [-0.3, -0.25) is 14.3 Å². The number of aryl methyl sites for hydroxylation is 2. The number of fused-ring (bicyclic) bond motifs is 1. The Morgan fingerprint density at radius 3 is 2.73 bits per heavy atom. The number of rotatable bonds is 7. The van der Waals surface area contributed by atoms with Gasteiger partial charge in [0.25, 0.3) is 5.91 Å². The summed E-state index contributed by atoms with van der Waals surface area (Å²) in [6.07, 6.45) is 4.42. The van der Waals surface area contributed by atoms with Crippen LogP contribution in [0.3, 0.4) is 0 Å². The third-order valence-corrected chi connectivity index (χ3v) is 5.28. The van der Waals surface area contributed by atoms with Crippen molar-refractivity contribution in [2.45, 2.75) is 26.2 Å². The largest absolute Gasteiger partial charge is 0.438 e. The van der Waals surface area contributed by atoms with Gasteiger partial charge in [-0.25, -0.2) is 9.50 Å². The molecule has 3 heterocycles. The Bertz CT molecular complexity index is 1350. The number of hydrogen-bond acceptors (Lipinski definition) is 6. The molecule has 3 aromatic heterocycles. The monoisotopic (exact) mass is 445 g/mol. The predicted octanol–water partition coefficient (Wildman–Crippen LogP) is 3.55. The molecule has 0 atom stereocenters. The SMILES string of the molecule is Cc1cc(C(=O)Nc2cccc(Oc3ccc4nc(NC(=O)CC5CC5)cn4n3)c2)n(C)n1. The molecule has 1 aromatic carbocycles. The molecule has 4 aromatic rings. The van der Waals surface area contributed by atoms with Gasteiger partial charge in [-0.2, -0.15) is 5.10 Å². The average molecular weight is 445 g/mol. The first kappa shape index (κ1) is 20.7. The summed E-state index contributed by atoms with van der Waals surface area (Å²) in [5.41, 5.74) is 2.41. The van der Waals surface area contributed by atoms with Gasteiger partial charge >= 0.3 is 0 Å². The normalized spacial score (nSPS) is 13.2. The summed E-state index contributed by atoms with van der Waals surface area (Å²) in [4.78, 5) is 28.9. The lowest BCUT2D eigenvalue weighted by molar-refractivity contribution is -0.116. The molecule has 0 bridgehead atoms. The Labute approximate surface area is 189 Å². The van der Waals surface area contributed by atoms with Crippen LogP contribution in [0.5, 0.6) is 11.6 Å². The number of hydrogen-bond donors (Lipinski definition) is 2. The van der Waals surface area contributed by atoms with Crippen molar-refractivity contribution < 1.29 is 14.3 Å².